The van der Waals surface area contributed by atoms with Gasteiger partial charge in [-0.1, -0.05) is 0 Å². The van der Waals surface area contributed by atoms with Gasteiger partial charge in [-0.3, -0.25) is 0 Å². The highest BCUT2D eigenvalue weighted by Gasteiger charge is 2.21. The Morgan fingerprint density at radius 1 is 1.00 bits per heavy atom. The molecule has 0 heterocycles. The summed E-state index contributed by atoms with van der Waals surface area (Å²) in [5.41, 5.74) is 0. The molecule has 4 atom stereocenters. The van der Waals surface area contributed by atoms with E-state index < -0.39 is 32.7 Å². The zero-order valence-corrected chi connectivity index (χ0v) is 7.32. The minimum absolute atomic E-state index is 0.661. The van der Waals surface area contributed by atoms with Gasteiger partial charge in [0.15, 0.2) is 22.2 Å². The maximum absolute atomic E-state index is 10.3. The molecule has 4 nitrogen and oxygen atoms in total. The van der Waals surface area contributed by atoms with E-state index in [-0.39, 0.29) is 0 Å². The second-order valence-corrected chi connectivity index (χ2v) is 4.55. The van der Waals surface area contributed by atoms with Gasteiger partial charge >= 0.3 is 0 Å². The van der Waals surface area contributed by atoms with Crippen molar-refractivity contribution in [3.8, 4) is 0 Å². The molecule has 0 aromatic rings. The molecule has 0 spiro atoms. The van der Waals surface area contributed by atoms with Crippen molar-refractivity contribution in [2.24, 2.45) is 0 Å². The van der Waals surface area contributed by atoms with E-state index in [0.717, 1.165) is 0 Å². The smallest absolute Gasteiger partial charge is 0.157 e. The Kier molecular flexibility index (Phi) is 4.26. The topological polar surface area (TPSA) is 74.6 Å². The lowest BCUT2D eigenvalue weighted by atomic mass is 10.4. The van der Waals surface area contributed by atoms with E-state index in [9.17, 15) is 8.42 Å². The highest BCUT2D eigenvalue weighted by molar-refractivity contribution is 7.84. The molecule has 0 aromatic heterocycles. The Balaban J connectivity index is 4.07. The first-order chi connectivity index (χ1) is 4.46. The normalized spacial score (nSPS) is 23.2. The summed E-state index contributed by atoms with van der Waals surface area (Å²) < 4.78 is 37.6. The molecule has 0 amide bonds. The van der Waals surface area contributed by atoms with Crippen molar-refractivity contribution in [2.45, 2.75) is 24.3 Å². The summed E-state index contributed by atoms with van der Waals surface area (Å²) in [4.78, 5) is 0. The van der Waals surface area contributed by atoms with Crippen LogP contribution in [0.4, 0.5) is 0 Å². The van der Waals surface area contributed by atoms with Gasteiger partial charge in [-0.05, 0) is 13.8 Å². The molecular formula is C4H10O4S2. The summed E-state index contributed by atoms with van der Waals surface area (Å²) >= 11 is -4.03. The molecule has 0 saturated heterocycles. The first-order valence-corrected chi connectivity index (χ1v) is 5.00. The van der Waals surface area contributed by atoms with Crippen LogP contribution >= 0.6 is 0 Å². The SMILES string of the molecule is CC(C(C)S(=O)O)S(=O)O. The van der Waals surface area contributed by atoms with Crippen LogP contribution in [0.2, 0.25) is 0 Å². The molecular weight excluding hydrogens is 176 g/mol. The van der Waals surface area contributed by atoms with Gasteiger partial charge in [0.25, 0.3) is 0 Å². The third-order valence-electron chi connectivity index (χ3n) is 1.30. The minimum Gasteiger partial charge on any atom is -0.306 e. The van der Waals surface area contributed by atoms with Crippen LogP contribution in [0.5, 0.6) is 0 Å². The second-order valence-electron chi connectivity index (χ2n) is 1.96. The predicted molar refractivity (Wildman–Crippen MR) is 40.5 cm³/mol. The van der Waals surface area contributed by atoms with Gasteiger partial charge in [0.2, 0.25) is 0 Å². The molecule has 0 aliphatic heterocycles. The lowest BCUT2D eigenvalue weighted by Gasteiger charge is -2.10. The summed E-state index contributed by atoms with van der Waals surface area (Å²) in [6.07, 6.45) is 0. The van der Waals surface area contributed by atoms with Crippen molar-refractivity contribution in [1.29, 1.82) is 0 Å². The second kappa shape index (κ2) is 4.17. The molecule has 0 aliphatic rings. The van der Waals surface area contributed by atoms with Gasteiger partial charge in [0.1, 0.15) is 0 Å². The Bertz CT molecular complexity index is 139. The molecule has 0 fully saturated rings. The number of hydrogen-bond acceptors (Lipinski definition) is 2. The van der Waals surface area contributed by atoms with Crippen LogP contribution < -0.4 is 0 Å². The largest absolute Gasteiger partial charge is 0.306 e. The summed E-state index contributed by atoms with van der Waals surface area (Å²) in [5.74, 6) is 0. The lowest BCUT2D eigenvalue weighted by molar-refractivity contribution is 0.529. The van der Waals surface area contributed by atoms with Crippen LogP contribution in [0.25, 0.3) is 0 Å². The van der Waals surface area contributed by atoms with Crippen molar-refractivity contribution < 1.29 is 17.5 Å². The quantitative estimate of drug-likeness (QED) is 0.618. The summed E-state index contributed by atoms with van der Waals surface area (Å²) in [6.45, 7) is 2.91. The van der Waals surface area contributed by atoms with Gasteiger partial charge in [0, 0.05) is 0 Å². The standard InChI is InChI=1S/C4H10O4S2/c1-3(9(5)6)4(2)10(7)8/h3-4H,1-2H3,(H,5,6)(H,7,8). The van der Waals surface area contributed by atoms with Gasteiger partial charge < -0.3 is 9.11 Å². The van der Waals surface area contributed by atoms with Gasteiger partial charge in [0.05, 0.1) is 10.5 Å². The van der Waals surface area contributed by atoms with E-state index in [1.54, 1.807) is 0 Å². The maximum atomic E-state index is 10.3. The fourth-order valence-electron chi connectivity index (χ4n) is 0.328. The Morgan fingerprint density at radius 2 is 1.20 bits per heavy atom. The van der Waals surface area contributed by atoms with Gasteiger partial charge in [-0.2, -0.15) is 0 Å². The third-order valence-corrected chi connectivity index (χ3v) is 3.56. The first kappa shape index (κ1) is 10.2. The Labute approximate surface area is 64.6 Å². The zero-order valence-electron chi connectivity index (χ0n) is 5.68. The average Bonchev–Trinajstić information content (AvgIpc) is 1.84. The molecule has 0 rings (SSSR count). The predicted octanol–water partition coefficient (Wildman–Crippen LogP) is 0.207. The fraction of sp³-hybridized carbons (Fsp3) is 1.00. The van der Waals surface area contributed by atoms with Crippen molar-refractivity contribution in [3.63, 3.8) is 0 Å². The number of hydrogen-bond donors (Lipinski definition) is 2. The molecule has 0 bridgehead atoms. The van der Waals surface area contributed by atoms with Crippen molar-refractivity contribution in [1.82, 2.24) is 0 Å². The van der Waals surface area contributed by atoms with E-state index in [1.165, 1.54) is 13.8 Å². The van der Waals surface area contributed by atoms with Crippen LogP contribution in [0.3, 0.4) is 0 Å². The molecule has 4 unspecified atom stereocenters. The Morgan fingerprint density at radius 3 is 1.30 bits per heavy atom. The molecule has 0 radical (unpaired) electrons. The van der Waals surface area contributed by atoms with Crippen LogP contribution in [0.1, 0.15) is 13.8 Å². The highest BCUT2D eigenvalue weighted by atomic mass is 32.2. The molecule has 62 valence electrons. The van der Waals surface area contributed by atoms with Crippen molar-refractivity contribution in [2.75, 3.05) is 0 Å². The van der Waals surface area contributed by atoms with E-state index in [4.69, 9.17) is 9.11 Å². The Hall–Kier alpha value is 0.220. The van der Waals surface area contributed by atoms with Crippen LogP contribution in [-0.4, -0.2) is 28.0 Å². The first-order valence-electron chi connectivity index (χ1n) is 2.66. The summed E-state index contributed by atoms with van der Waals surface area (Å²) in [7, 11) is 0. The summed E-state index contributed by atoms with van der Waals surface area (Å²) in [5, 5.41) is -1.32. The van der Waals surface area contributed by atoms with E-state index in [1.807, 2.05) is 0 Å². The molecule has 10 heavy (non-hydrogen) atoms. The fourth-order valence-corrected chi connectivity index (χ4v) is 1.55. The number of rotatable bonds is 3. The van der Waals surface area contributed by atoms with Crippen molar-refractivity contribution in [3.05, 3.63) is 0 Å². The zero-order chi connectivity index (χ0) is 8.31. The molecule has 6 heteroatoms. The van der Waals surface area contributed by atoms with Crippen LogP contribution in [0.15, 0.2) is 0 Å². The minimum atomic E-state index is -2.01. The van der Waals surface area contributed by atoms with E-state index >= 15 is 0 Å². The van der Waals surface area contributed by atoms with E-state index in [0.29, 0.717) is 0 Å². The molecule has 0 aromatic carbocycles. The van der Waals surface area contributed by atoms with Gasteiger partial charge in [-0.15, -0.1) is 0 Å². The van der Waals surface area contributed by atoms with Gasteiger partial charge in [-0.25, -0.2) is 8.42 Å². The van der Waals surface area contributed by atoms with Crippen LogP contribution in [-0.2, 0) is 22.2 Å². The molecule has 0 saturated carbocycles. The highest BCUT2D eigenvalue weighted by Crippen LogP contribution is 2.04. The average molecular weight is 186 g/mol. The third kappa shape index (κ3) is 2.87. The lowest BCUT2D eigenvalue weighted by Crippen LogP contribution is -2.28. The van der Waals surface area contributed by atoms with Crippen molar-refractivity contribution >= 4 is 22.2 Å². The monoisotopic (exact) mass is 186 g/mol. The maximum Gasteiger partial charge on any atom is 0.157 e. The summed E-state index contributed by atoms with van der Waals surface area (Å²) in [6, 6.07) is 0. The molecule has 0 aliphatic carbocycles. The van der Waals surface area contributed by atoms with E-state index in [2.05, 4.69) is 0 Å². The van der Waals surface area contributed by atoms with Crippen LogP contribution in [0, 0.1) is 0 Å². The molecule has 2 N–H and O–H groups in total.